The van der Waals surface area contributed by atoms with E-state index in [-0.39, 0.29) is 11.5 Å². The molecule has 0 heterocycles. The number of hydrogen-bond acceptors (Lipinski definition) is 5. The lowest BCUT2D eigenvalue weighted by atomic mass is 10.0. The van der Waals surface area contributed by atoms with Gasteiger partial charge in [0.05, 0.1) is 25.5 Å². The zero-order valence-electron chi connectivity index (χ0n) is 14.8. The number of ether oxygens (including phenoxy) is 2. The first kappa shape index (κ1) is 16.9. The fourth-order valence-corrected chi connectivity index (χ4v) is 3.32. The van der Waals surface area contributed by atoms with Crippen molar-refractivity contribution < 1.29 is 19.4 Å². The maximum atomic E-state index is 12.8. The molecule has 25 heavy (non-hydrogen) atoms. The third-order valence-corrected chi connectivity index (χ3v) is 4.54. The van der Waals surface area contributed by atoms with E-state index in [2.05, 4.69) is 0 Å². The first-order chi connectivity index (χ1) is 11.9. The van der Waals surface area contributed by atoms with Gasteiger partial charge in [-0.15, -0.1) is 0 Å². The second-order valence-corrected chi connectivity index (χ2v) is 6.24. The second-order valence-electron chi connectivity index (χ2n) is 6.24. The van der Waals surface area contributed by atoms with Crippen LogP contribution in [-0.2, 0) is 6.42 Å². The van der Waals surface area contributed by atoms with Crippen molar-refractivity contribution >= 4 is 17.5 Å². The SMILES string of the molecule is COc1cc2c(c(N)c1OC)C(=O)C(=Cc1cc(C)c(O)c(C)c1)C2. The number of anilines is 1. The summed E-state index contributed by atoms with van der Waals surface area (Å²) in [5, 5.41) is 9.91. The first-order valence-electron chi connectivity index (χ1n) is 7.96. The van der Waals surface area contributed by atoms with Crippen LogP contribution in [0.15, 0.2) is 23.8 Å². The fourth-order valence-electron chi connectivity index (χ4n) is 3.32. The molecular formula is C20H21NO4. The summed E-state index contributed by atoms with van der Waals surface area (Å²) in [6.45, 7) is 3.67. The molecule has 2 aromatic carbocycles. The summed E-state index contributed by atoms with van der Waals surface area (Å²) in [7, 11) is 3.04. The molecule has 3 rings (SSSR count). The Morgan fingerprint density at radius 3 is 2.32 bits per heavy atom. The summed E-state index contributed by atoms with van der Waals surface area (Å²) in [6.07, 6.45) is 2.33. The number of hydrogen-bond donors (Lipinski definition) is 2. The molecule has 0 radical (unpaired) electrons. The van der Waals surface area contributed by atoms with E-state index in [0.717, 1.165) is 22.3 Å². The van der Waals surface area contributed by atoms with Crippen molar-refractivity contribution in [3.05, 3.63) is 51.6 Å². The number of aryl methyl sites for hydroxylation is 2. The van der Waals surface area contributed by atoms with Crippen molar-refractivity contribution in [1.29, 1.82) is 0 Å². The molecule has 0 aromatic heterocycles. The van der Waals surface area contributed by atoms with Gasteiger partial charge in [-0.25, -0.2) is 0 Å². The fraction of sp³-hybridized carbons (Fsp3) is 0.250. The number of phenolic OH excluding ortho intramolecular Hbond substituents is 1. The van der Waals surface area contributed by atoms with Crippen molar-refractivity contribution in [3.8, 4) is 17.2 Å². The summed E-state index contributed by atoms with van der Waals surface area (Å²) >= 11 is 0. The van der Waals surface area contributed by atoms with Gasteiger partial charge >= 0.3 is 0 Å². The highest BCUT2D eigenvalue weighted by atomic mass is 16.5. The molecule has 0 aliphatic heterocycles. The van der Waals surface area contributed by atoms with Gasteiger partial charge in [0.1, 0.15) is 5.75 Å². The van der Waals surface area contributed by atoms with Crippen molar-refractivity contribution in [2.24, 2.45) is 0 Å². The van der Waals surface area contributed by atoms with Crippen molar-refractivity contribution in [2.75, 3.05) is 20.0 Å². The van der Waals surface area contributed by atoms with Gasteiger partial charge in [0.2, 0.25) is 0 Å². The molecule has 2 aromatic rings. The van der Waals surface area contributed by atoms with Gasteiger partial charge in [-0.3, -0.25) is 4.79 Å². The molecule has 0 spiro atoms. The average Bonchev–Trinajstić information content (AvgIpc) is 2.88. The van der Waals surface area contributed by atoms with Gasteiger partial charge in [-0.05, 0) is 60.4 Å². The molecule has 0 amide bonds. The molecule has 0 unspecified atom stereocenters. The highest BCUT2D eigenvalue weighted by Gasteiger charge is 2.31. The number of fused-ring (bicyclic) bond motifs is 1. The Kier molecular flexibility index (Phi) is 4.17. The molecule has 130 valence electrons. The molecule has 0 bridgehead atoms. The standard InChI is InChI=1S/C20H21NO4/c1-10-5-12(6-11(2)18(10)22)7-14-8-13-9-15(24-3)20(25-4)17(21)16(13)19(14)23/h5-7,9,22H,8,21H2,1-4H3. The largest absolute Gasteiger partial charge is 0.507 e. The van der Waals surface area contributed by atoms with Gasteiger partial charge in [-0.2, -0.15) is 0 Å². The third kappa shape index (κ3) is 2.71. The average molecular weight is 339 g/mol. The Labute approximate surface area is 146 Å². The molecule has 1 aliphatic rings. The number of allylic oxidation sites excluding steroid dienone is 1. The number of ketones is 1. The zero-order valence-corrected chi connectivity index (χ0v) is 14.8. The number of benzene rings is 2. The number of aromatic hydroxyl groups is 1. The van der Waals surface area contributed by atoms with Gasteiger partial charge in [0, 0.05) is 12.0 Å². The van der Waals surface area contributed by atoms with Crippen molar-refractivity contribution in [1.82, 2.24) is 0 Å². The summed E-state index contributed by atoms with van der Waals surface area (Å²) in [5.74, 6) is 1.08. The smallest absolute Gasteiger partial charge is 0.191 e. The van der Waals surface area contributed by atoms with E-state index in [9.17, 15) is 9.90 Å². The molecular weight excluding hydrogens is 318 g/mol. The van der Waals surface area contributed by atoms with Crippen LogP contribution in [0.3, 0.4) is 0 Å². The number of nitrogen functional groups attached to an aromatic ring is 1. The Bertz CT molecular complexity index is 889. The van der Waals surface area contributed by atoms with Crippen LogP contribution in [0.1, 0.15) is 32.6 Å². The highest BCUT2D eigenvalue weighted by molar-refractivity contribution is 6.19. The molecule has 5 nitrogen and oxygen atoms in total. The van der Waals surface area contributed by atoms with E-state index >= 15 is 0 Å². The van der Waals surface area contributed by atoms with Crippen molar-refractivity contribution in [3.63, 3.8) is 0 Å². The Hall–Kier alpha value is -2.95. The number of rotatable bonds is 3. The summed E-state index contributed by atoms with van der Waals surface area (Å²) in [6, 6.07) is 5.52. The molecule has 0 atom stereocenters. The van der Waals surface area contributed by atoms with Crippen molar-refractivity contribution in [2.45, 2.75) is 20.3 Å². The molecule has 0 saturated carbocycles. The summed E-state index contributed by atoms with van der Waals surface area (Å²) in [4.78, 5) is 12.8. The minimum Gasteiger partial charge on any atom is -0.507 e. The minimum atomic E-state index is -0.100. The van der Waals surface area contributed by atoms with E-state index in [4.69, 9.17) is 15.2 Å². The number of Topliss-reactive ketones (excluding diaryl/α,β-unsaturated/α-hetero) is 1. The van der Waals surface area contributed by atoms with E-state index in [1.165, 1.54) is 7.11 Å². The molecule has 1 aliphatic carbocycles. The van der Waals surface area contributed by atoms with Crippen LogP contribution in [0.2, 0.25) is 0 Å². The van der Waals surface area contributed by atoms with Crippen LogP contribution in [0.5, 0.6) is 17.2 Å². The van der Waals surface area contributed by atoms with E-state index in [1.54, 1.807) is 13.2 Å². The van der Waals surface area contributed by atoms with Gasteiger partial charge < -0.3 is 20.3 Å². The van der Waals surface area contributed by atoms with Crippen LogP contribution in [-0.4, -0.2) is 25.1 Å². The first-order valence-corrected chi connectivity index (χ1v) is 7.96. The lowest BCUT2D eigenvalue weighted by molar-refractivity contribution is 0.104. The Morgan fingerprint density at radius 1 is 1.12 bits per heavy atom. The van der Waals surface area contributed by atoms with E-state index in [0.29, 0.717) is 34.7 Å². The third-order valence-electron chi connectivity index (χ3n) is 4.54. The van der Waals surface area contributed by atoms with Crippen LogP contribution in [0.4, 0.5) is 5.69 Å². The van der Waals surface area contributed by atoms with Crippen LogP contribution in [0, 0.1) is 13.8 Å². The molecule has 0 fully saturated rings. The van der Waals surface area contributed by atoms with Gasteiger partial charge in [0.25, 0.3) is 0 Å². The van der Waals surface area contributed by atoms with E-state index < -0.39 is 0 Å². The predicted molar refractivity (Wildman–Crippen MR) is 97.6 cm³/mol. The summed E-state index contributed by atoms with van der Waals surface area (Å²) in [5.41, 5.74) is 10.9. The minimum absolute atomic E-state index is 0.100. The maximum Gasteiger partial charge on any atom is 0.191 e. The summed E-state index contributed by atoms with van der Waals surface area (Å²) < 4.78 is 10.6. The van der Waals surface area contributed by atoms with Crippen LogP contribution >= 0.6 is 0 Å². The monoisotopic (exact) mass is 339 g/mol. The molecule has 3 N–H and O–H groups in total. The van der Waals surface area contributed by atoms with Gasteiger partial charge in [0.15, 0.2) is 17.3 Å². The van der Waals surface area contributed by atoms with Crippen LogP contribution < -0.4 is 15.2 Å². The van der Waals surface area contributed by atoms with Gasteiger partial charge in [-0.1, -0.05) is 0 Å². The normalized spacial score (nSPS) is 14.7. The number of carbonyl (C=O) groups is 1. The Balaban J connectivity index is 2.08. The number of nitrogens with two attached hydrogens (primary N) is 1. The maximum absolute atomic E-state index is 12.8. The zero-order chi connectivity index (χ0) is 18.3. The Morgan fingerprint density at radius 2 is 1.76 bits per heavy atom. The highest BCUT2D eigenvalue weighted by Crippen LogP contribution is 2.43. The molecule has 5 heteroatoms. The lowest BCUT2D eigenvalue weighted by Crippen LogP contribution is -2.04. The number of carbonyl (C=O) groups excluding carboxylic acids is 1. The number of methoxy groups -OCH3 is 2. The number of phenols is 1. The quantitative estimate of drug-likeness (QED) is 0.661. The van der Waals surface area contributed by atoms with E-state index in [1.807, 2.05) is 32.1 Å². The topological polar surface area (TPSA) is 81.8 Å². The van der Waals surface area contributed by atoms with Crippen LogP contribution in [0.25, 0.3) is 6.08 Å². The molecule has 0 saturated heterocycles. The second kappa shape index (κ2) is 6.16. The predicted octanol–water partition coefficient (Wildman–Crippen LogP) is 3.43. The lowest BCUT2D eigenvalue weighted by Gasteiger charge is -2.13.